The van der Waals surface area contributed by atoms with Gasteiger partial charge < -0.3 is 0 Å². The van der Waals surface area contributed by atoms with Crippen LogP contribution in [0.15, 0.2) is 17.0 Å². The molecule has 1 rings (SSSR count). The second-order valence-electron chi connectivity index (χ2n) is 4.73. The first-order valence-corrected chi connectivity index (χ1v) is 7.86. The van der Waals surface area contributed by atoms with Crippen molar-refractivity contribution in [3.8, 4) is 6.07 Å². The van der Waals surface area contributed by atoms with Crippen LogP contribution in [0.1, 0.15) is 30.9 Å². The molecule has 0 saturated heterocycles. The summed E-state index contributed by atoms with van der Waals surface area (Å²) >= 11 is 0. The molecule has 1 N–H and O–H groups in total. The largest absolute Gasteiger partial charge is 0.273 e. The first-order chi connectivity index (χ1) is 9.72. The summed E-state index contributed by atoms with van der Waals surface area (Å²) in [5.74, 6) is 0. The molecule has 0 saturated carbocycles. The topological polar surface area (TPSA) is 113 Å². The van der Waals surface area contributed by atoms with E-state index in [1.54, 1.807) is 20.8 Å². The van der Waals surface area contributed by atoms with Crippen molar-refractivity contribution in [3.05, 3.63) is 33.4 Å². The normalized spacial score (nSPS) is 12.7. The van der Waals surface area contributed by atoms with Crippen molar-refractivity contribution in [1.82, 2.24) is 4.72 Å². The molecule has 0 fully saturated rings. The van der Waals surface area contributed by atoms with Gasteiger partial charge in [0.2, 0.25) is 10.0 Å². The lowest BCUT2D eigenvalue weighted by Crippen LogP contribution is -2.34. The first-order valence-electron chi connectivity index (χ1n) is 6.37. The number of rotatable bonds is 6. The van der Waals surface area contributed by atoms with E-state index in [1.807, 2.05) is 6.07 Å². The van der Waals surface area contributed by atoms with E-state index < -0.39 is 21.0 Å². The molecule has 0 aliphatic rings. The van der Waals surface area contributed by atoms with Gasteiger partial charge in [0.15, 0.2) is 0 Å². The minimum absolute atomic E-state index is 0.0443. The Labute approximate surface area is 123 Å². The molecule has 0 aliphatic carbocycles. The second-order valence-corrected chi connectivity index (χ2v) is 6.44. The van der Waals surface area contributed by atoms with Crippen LogP contribution >= 0.6 is 0 Å². The van der Waals surface area contributed by atoms with Crippen LogP contribution in [-0.4, -0.2) is 19.4 Å². The molecule has 0 aliphatic heterocycles. The van der Waals surface area contributed by atoms with Gasteiger partial charge in [0, 0.05) is 17.7 Å². The van der Waals surface area contributed by atoms with Crippen molar-refractivity contribution >= 4 is 15.7 Å². The number of hydrogen-bond donors (Lipinski definition) is 1. The summed E-state index contributed by atoms with van der Waals surface area (Å²) in [6, 6.07) is 3.83. The molecule has 0 bridgehead atoms. The quantitative estimate of drug-likeness (QED) is 0.639. The van der Waals surface area contributed by atoms with Gasteiger partial charge in [-0.3, -0.25) is 10.1 Å². The number of nitro groups is 1. The van der Waals surface area contributed by atoms with E-state index in [9.17, 15) is 18.5 Å². The molecule has 1 atom stereocenters. The number of benzene rings is 1. The Morgan fingerprint density at radius 1 is 1.43 bits per heavy atom. The minimum Gasteiger partial charge on any atom is -0.258 e. The highest BCUT2D eigenvalue weighted by Gasteiger charge is 2.23. The second kappa shape index (κ2) is 6.65. The number of nitrogens with zero attached hydrogens (tertiary/aromatic N) is 2. The van der Waals surface area contributed by atoms with Gasteiger partial charge in [-0.1, -0.05) is 6.92 Å². The van der Waals surface area contributed by atoms with Crippen LogP contribution in [0, 0.1) is 35.3 Å². The number of aryl methyl sites for hydroxylation is 1. The summed E-state index contributed by atoms with van der Waals surface area (Å²) in [7, 11) is -3.89. The third-order valence-electron chi connectivity index (χ3n) is 3.27. The average molecular weight is 311 g/mol. The Balaban J connectivity index is 3.26. The van der Waals surface area contributed by atoms with Crippen molar-refractivity contribution in [1.29, 1.82) is 5.26 Å². The molecule has 1 aromatic carbocycles. The highest BCUT2D eigenvalue weighted by atomic mass is 32.2. The maximum Gasteiger partial charge on any atom is 0.273 e. The van der Waals surface area contributed by atoms with Gasteiger partial charge >= 0.3 is 0 Å². The summed E-state index contributed by atoms with van der Waals surface area (Å²) in [6.07, 6.45) is 0.502. The van der Waals surface area contributed by atoms with Crippen LogP contribution in [0.5, 0.6) is 0 Å². The van der Waals surface area contributed by atoms with Crippen molar-refractivity contribution in [2.75, 3.05) is 0 Å². The minimum atomic E-state index is -3.89. The van der Waals surface area contributed by atoms with E-state index in [-0.39, 0.29) is 17.0 Å². The van der Waals surface area contributed by atoms with Gasteiger partial charge in [0.25, 0.3) is 5.69 Å². The fourth-order valence-electron chi connectivity index (χ4n) is 1.82. The molecule has 1 aromatic rings. The lowest BCUT2D eigenvalue weighted by molar-refractivity contribution is -0.385. The molecule has 7 nitrogen and oxygen atoms in total. The first kappa shape index (κ1) is 17.1. The van der Waals surface area contributed by atoms with E-state index in [1.165, 1.54) is 6.07 Å². The van der Waals surface area contributed by atoms with Crippen LogP contribution in [0.2, 0.25) is 0 Å². The SMILES string of the molecule is CCC(CC#N)NS(=O)(=O)c1cc(C)c(C)c([N+](=O)[O-])c1. The van der Waals surface area contributed by atoms with Crippen molar-refractivity contribution in [2.24, 2.45) is 0 Å². The highest BCUT2D eigenvalue weighted by Crippen LogP contribution is 2.26. The van der Waals surface area contributed by atoms with Gasteiger partial charge in [-0.2, -0.15) is 5.26 Å². The molecular weight excluding hydrogens is 294 g/mol. The third-order valence-corrected chi connectivity index (χ3v) is 4.77. The standard InChI is InChI=1S/C13H17N3O4S/c1-4-11(5-6-14)15-21(19,20)12-7-9(2)10(3)13(8-12)16(17)18/h7-8,11,15H,4-5H2,1-3H3. The van der Waals surface area contributed by atoms with Gasteiger partial charge in [-0.05, 0) is 31.9 Å². The number of hydrogen-bond acceptors (Lipinski definition) is 5. The van der Waals surface area contributed by atoms with E-state index in [2.05, 4.69) is 4.72 Å². The predicted molar refractivity (Wildman–Crippen MR) is 77.2 cm³/mol. The van der Waals surface area contributed by atoms with E-state index in [0.29, 0.717) is 17.5 Å². The lowest BCUT2D eigenvalue weighted by Gasteiger charge is -2.14. The molecule has 21 heavy (non-hydrogen) atoms. The van der Waals surface area contributed by atoms with E-state index >= 15 is 0 Å². The third kappa shape index (κ3) is 4.00. The fourth-order valence-corrected chi connectivity index (χ4v) is 3.24. The summed E-state index contributed by atoms with van der Waals surface area (Å²) < 4.78 is 26.9. The zero-order chi connectivity index (χ0) is 16.2. The zero-order valence-corrected chi connectivity index (χ0v) is 12.9. The highest BCUT2D eigenvalue weighted by molar-refractivity contribution is 7.89. The molecule has 0 heterocycles. The van der Waals surface area contributed by atoms with Crippen molar-refractivity contribution < 1.29 is 13.3 Å². The molecule has 0 spiro atoms. The molecular formula is C13H17N3O4S. The Morgan fingerprint density at radius 2 is 2.05 bits per heavy atom. The van der Waals surface area contributed by atoms with Gasteiger partial charge in [0.1, 0.15) is 0 Å². The molecule has 0 aromatic heterocycles. The summed E-state index contributed by atoms with van der Waals surface area (Å²) in [4.78, 5) is 10.2. The molecule has 1 unspecified atom stereocenters. The van der Waals surface area contributed by atoms with Gasteiger partial charge in [-0.15, -0.1) is 0 Å². The monoisotopic (exact) mass is 311 g/mol. The smallest absolute Gasteiger partial charge is 0.258 e. The summed E-state index contributed by atoms with van der Waals surface area (Å²) in [5.41, 5.74) is 0.727. The molecule has 0 amide bonds. The summed E-state index contributed by atoms with van der Waals surface area (Å²) in [6.45, 7) is 4.95. The maximum atomic E-state index is 12.3. The Kier molecular flexibility index (Phi) is 5.41. The fraction of sp³-hybridized carbons (Fsp3) is 0.462. The number of nitrogens with one attached hydrogen (secondary N) is 1. The molecule has 8 heteroatoms. The average Bonchev–Trinajstić information content (AvgIpc) is 2.40. The summed E-state index contributed by atoms with van der Waals surface area (Å²) in [5, 5.41) is 19.6. The number of sulfonamides is 1. The van der Waals surface area contributed by atoms with Crippen LogP contribution in [0.3, 0.4) is 0 Å². The van der Waals surface area contributed by atoms with E-state index in [0.717, 1.165) is 6.07 Å². The van der Waals surface area contributed by atoms with Crippen molar-refractivity contribution in [3.63, 3.8) is 0 Å². The van der Waals surface area contributed by atoms with Crippen LogP contribution < -0.4 is 4.72 Å². The van der Waals surface area contributed by atoms with Crippen LogP contribution in [0.4, 0.5) is 5.69 Å². The van der Waals surface area contributed by atoms with Gasteiger partial charge in [-0.25, -0.2) is 13.1 Å². The van der Waals surface area contributed by atoms with Gasteiger partial charge in [0.05, 0.1) is 22.3 Å². The van der Waals surface area contributed by atoms with Crippen LogP contribution in [0.25, 0.3) is 0 Å². The van der Waals surface area contributed by atoms with Crippen LogP contribution in [-0.2, 0) is 10.0 Å². The Hall–Kier alpha value is -1.98. The maximum absolute atomic E-state index is 12.3. The number of nitriles is 1. The van der Waals surface area contributed by atoms with E-state index in [4.69, 9.17) is 5.26 Å². The van der Waals surface area contributed by atoms with Crippen molar-refractivity contribution in [2.45, 2.75) is 44.6 Å². The lowest BCUT2D eigenvalue weighted by atomic mass is 10.1. The molecule has 0 radical (unpaired) electrons. The Morgan fingerprint density at radius 3 is 2.52 bits per heavy atom. The number of nitro benzene ring substituents is 1. The predicted octanol–water partition coefficient (Wildman–Crippen LogP) is 2.18. The molecule has 114 valence electrons. The zero-order valence-electron chi connectivity index (χ0n) is 12.1. The Bertz CT molecular complexity index is 692.